The van der Waals surface area contributed by atoms with E-state index in [9.17, 15) is 4.79 Å². The summed E-state index contributed by atoms with van der Waals surface area (Å²) in [5.41, 5.74) is 13.5. The molecule has 0 bridgehead atoms. The summed E-state index contributed by atoms with van der Waals surface area (Å²) < 4.78 is 0. The molecule has 1 aliphatic carbocycles. The number of hydrogen-bond acceptors (Lipinski definition) is 4. The van der Waals surface area contributed by atoms with Crippen molar-refractivity contribution in [3.05, 3.63) is 0 Å². The van der Waals surface area contributed by atoms with E-state index in [1.165, 1.54) is 21.1 Å². The Balaban J connectivity index is -0.0000000729. The molecule has 4 heteroatoms. The van der Waals surface area contributed by atoms with Crippen molar-refractivity contribution < 1.29 is 4.79 Å². The van der Waals surface area contributed by atoms with E-state index in [-0.39, 0.29) is 0 Å². The maximum absolute atomic E-state index is 9.56. The predicted octanol–water partition coefficient (Wildman–Crippen LogP) is -0.926. The Labute approximate surface area is 62.8 Å². The minimum atomic E-state index is 0.417. The molecule has 0 aromatic rings. The van der Waals surface area contributed by atoms with Gasteiger partial charge in [0, 0.05) is 12.8 Å². The zero-order chi connectivity index (χ0) is 8.99. The first-order valence-corrected chi connectivity index (χ1v) is 3.14. The highest BCUT2D eigenvalue weighted by atomic mass is 16.1. The first kappa shape index (κ1) is 16.3. The lowest BCUT2D eigenvalue weighted by Gasteiger charge is -1.26. The Morgan fingerprint density at radius 3 is 1.00 bits per heavy atom. The summed E-state index contributed by atoms with van der Waals surface area (Å²) in [6.45, 7) is 0. The van der Waals surface area contributed by atoms with Crippen molar-refractivity contribution in [2.24, 2.45) is 17.2 Å². The Morgan fingerprint density at radius 2 is 1.00 bits per heavy atom. The highest BCUT2D eigenvalue weighted by molar-refractivity contribution is 5.92. The van der Waals surface area contributed by atoms with Crippen LogP contribution in [0.1, 0.15) is 12.8 Å². The second-order valence-electron chi connectivity index (χ2n) is 1.04. The molecule has 0 atom stereocenters. The Kier molecular flexibility index (Phi) is 38.3. The molecule has 6 N–H and O–H groups in total. The van der Waals surface area contributed by atoms with Crippen molar-refractivity contribution in [3.63, 3.8) is 0 Å². The van der Waals surface area contributed by atoms with Gasteiger partial charge in [0.05, 0.1) is 0 Å². The molecular formula is C6H19N3O. The van der Waals surface area contributed by atoms with Crippen LogP contribution in [0.5, 0.6) is 0 Å². The molecule has 0 aromatic carbocycles. The average Bonchev–Trinajstić information content (AvgIpc) is 2.84. The van der Waals surface area contributed by atoms with Gasteiger partial charge in [-0.2, -0.15) is 0 Å². The van der Waals surface area contributed by atoms with Gasteiger partial charge >= 0.3 is 0 Å². The van der Waals surface area contributed by atoms with Gasteiger partial charge in [0.25, 0.3) is 0 Å². The molecule has 4 nitrogen and oxygen atoms in total. The highest BCUT2D eigenvalue weighted by Gasteiger charge is 2.13. The lowest BCUT2D eigenvalue weighted by Crippen LogP contribution is -1.69. The second-order valence-corrected chi connectivity index (χ2v) is 1.04. The van der Waals surface area contributed by atoms with Gasteiger partial charge in [-0.1, -0.05) is 0 Å². The van der Waals surface area contributed by atoms with Gasteiger partial charge in [-0.25, -0.2) is 0 Å². The second kappa shape index (κ2) is 23.5. The molecule has 1 rings (SSSR count). The molecule has 0 aliphatic heterocycles. The molecular weight excluding hydrogens is 130 g/mol. The largest absolute Gasteiger partial charge is 0.333 e. The molecule has 0 radical (unpaired) electrons. The van der Waals surface area contributed by atoms with Gasteiger partial charge in [0.2, 0.25) is 0 Å². The average molecular weight is 149 g/mol. The Hall–Kier alpha value is -0.450. The fourth-order valence-corrected chi connectivity index (χ4v) is 0.0510. The fourth-order valence-electron chi connectivity index (χ4n) is 0.0510. The lowest BCUT2D eigenvalue weighted by atomic mass is 10.9. The first-order valence-electron chi connectivity index (χ1n) is 3.14. The van der Waals surface area contributed by atoms with Crippen LogP contribution in [0.2, 0.25) is 0 Å². The van der Waals surface area contributed by atoms with Gasteiger partial charge in [-0.3, -0.25) is 4.79 Å². The molecule has 64 valence electrons. The molecule has 10 heavy (non-hydrogen) atoms. The maximum atomic E-state index is 9.56. The van der Waals surface area contributed by atoms with Crippen molar-refractivity contribution in [2.75, 3.05) is 21.1 Å². The van der Waals surface area contributed by atoms with Gasteiger partial charge in [-0.05, 0) is 21.1 Å². The van der Waals surface area contributed by atoms with Crippen LogP contribution in [-0.2, 0) is 4.79 Å². The zero-order valence-electron chi connectivity index (χ0n) is 7.05. The number of Topliss-reactive ketones (excluding diaryl/α,β-unsaturated/α-hetero) is 1. The molecule has 0 heterocycles. The summed E-state index contributed by atoms with van der Waals surface area (Å²) in [5.74, 6) is 0.417. The van der Waals surface area contributed by atoms with E-state index >= 15 is 0 Å². The quantitative estimate of drug-likeness (QED) is 0.415. The summed E-state index contributed by atoms with van der Waals surface area (Å²) in [7, 11) is 4.50. The van der Waals surface area contributed by atoms with E-state index in [1.54, 1.807) is 0 Å². The van der Waals surface area contributed by atoms with Crippen molar-refractivity contribution >= 4 is 5.78 Å². The summed E-state index contributed by atoms with van der Waals surface area (Å²) in [6, 6.07) is 0. The summed E-state index contributed by atoms with van der Waals surface area (Å²) in [5, 5.41) is 0. The van der Waals surface area contributed by atoms with Crippen LogP contribution in [0.15, 0.2) is 0 Å². The predicted molar refractivity (Wildman–Crippen MR) is 44.6 cm³/mol. The minimum absolute atomic E-state index is 0.417. The van der Waals surface area contributed by atoms with Crippen LogP contribution in [0.3, 0.4) is 0 Å². The third-order valence-electron chi connectivity index (χ3n) is 0.454. The van der Waals surface area contributed by atoms with E-state index in [1.807, 2.05) is 0 Å². The smallest absolute Gasteiger partial charge is 0.133 e. The topological polar surface area (TPSA) is 95.1 Å². The van der Waals surface area contributed by atoms with Gasteiger partial charge in [-0.15, -0.1) is 0 Å². The standard InChI is InChI=1S/C3H4O.3CH5N/c4-3-1-2-3;3*1-2/h1-2H2;3*2H2,1H3. The SMILES string of the molecule is CN.CN.CN.O=C1CC1. The molecule has 0 saturated heterocycles. The molecule has 0 spiro atoms. The monoisotopic (exact) mass is 149 g/mol. The maximum Gasteiger partial charge on any atom is 0.133 e. The van der Waals surface area contributed by atoms with Crippen LogP contribution in [0.4, 0.5) is 0 Å². The highest BCUT2D eigenvalue weighted by Crippen LogP contribution is 2.08. The zero-order valence-corrected chi connectivity index (χ0v) is 7.05. The molecule has 1 aliphatic rings. The summed E-state index contributed by atoms with van der Waals surface area (Å²) in [4.78, 5) is 9.56. The van der Waals surface area contributed by atoms with Gasteiger partial charge < -0.3 is 17.2 Å². The lowest BCUT2D eigenvalue weighted by molar-refractivity contribution is -0.109. The Bertz CT molecular complexity index is 51.0. The van der Waals surface area contributed by atoms with Crippen LogP contribution in [0.25, 0.3) is 0 Å². The number of carbonyl (C=O) groups is 1. The first-order chi connectivity index (χ1) is 4.89. The van der Waals surface area contributed by atoms with Crippen molar-refractivity contribution in [2.45, 2.75) is 12.8 Å². The summed E-state index contributed by atoms with van der Waals surface area (Å²) in [6.07, 6.45) is 1.69. The third-order valence-corrected chi connectivity index (χ3v) is 0.454. The van der Waals surface area contributed by atoms with Gasteiger partial charge in [0.15, 0.2) is 0 Å². The minimum Gasteiger partial charge on any atom is -0.333 e. The van der Waals surface area contributed by atoms with E-state index in [0.29, 0.717) is 5.78 Å². The van der Waals surface area contributed by atoms with Crippen molar-refractivity contribution in [3.8, 4) is 0 Å². The van der Waals surface area contributed by atoms with Crippen molar-refractivity contribution in [1.82, 2.24) is 0 Å². The van der Waals surface area contributed by atoms with Crippen LogP contribution < -0.4 is 17.2 Å². The van der Waals surface area contributed by atoms with E-state index in [0.717, 1.165) is 12.8 Å². The molecule has 0 unspecified atom stereocenters. The molecule has 1 saturated carbocycles. The normalized spacial score (nSPS) is 10.4. The van der Waals surface area contributed by atoms with Crippen LogP contribution in [0, 0.1) is 0 Å². The number of rotatable bonds is 0. The number of carbonyl (C=O) groups excluding carboxylic acids is 1. The fraction of sp³-hybridized carbons (Fsp3) is 0.833. The van der Waals surface area contributed by atoms with Crippen molar-refractivity contribution in [1.29, 1.82) is 0 Å². The van der Waals surface area contributed by atoms with Crippen LogP contribution in [-0.4, -0.2) is 26.9 Å². The van der Waals surface area contributed by atoms with E-state index in [4.69, 9.17) is 0 Å². The van der Waals surface area contributed by atoms with Crippen LogP contribution >= 0.6 is 0 Å². The molecule has 0 amide bonds. The number of ketones is 1. The summed E-state index contributed by atoms with van der Waals surface area (Å²) >= 11 is 0. The Morgan fingerprint density at radius 1 is 0.900 bits per heavy atom. The van der Waals surface area contributed by atoms with Gasteiger partial charge in [0.1, 0.15) is 5.78 Å². The van der Waals surface area contributed by atoms with E-state index < -0.39 is 0 Å². The third kappa shape index (κ3) is 49.8. The van der Waals surface area contributed by atoms with E-state index in [2.05, 4.69) is 17.2 Å². The number of nitrogens with two attached hydrogens (primary N) is 3. The molecule has 0 aromatic heterocycles. The number of hydrogen-bond donors (Lipinski definition) is 3. The molecule has 1 fully saturated rings.